The van der Waals surface area contributed by atoms with Gasteiger partial charge < -0.3 is 10.1 Å². The van der Waals surface area contributed by atoms with Crippen molar-refractivity contribution in [2.75, 3.05) is 5.32 Å². The van der Waals surface area contributed by atoms with Gasteiger partial charge >= 0.3 is 12.1 Å². The molecule has 2 aromatic rings. The number of nitrogens with zero attached hydrogens (tertiary/aromatic N) is 3. The Morgan fingerprint density at radius 2 is 2.07 bits per heavy atom. The summed E-state index contributed by atoms with van der Waals surface area (Å²) >= 11 is 0. The lowest BCUT2D eigenvalue weighted by molar-refractivity contribution is -0.141. The fourth-order valence-electron chi connectivity index (χ4n) is 2.68. The van der Waals surface area contributed by atoms with Crippen molar-refractivity contribution in [2.45, 2.75) is 51.4 Å². The van der Waals surface area contributed by atoms with Crippen molar-refractivity contribution in [3.8, 4) is 11.4 Å². The quantitative estimate of drug-likeness (QED) is 0.583. The average Bonchev–Trinajstić information content (AvgIpc) is 3.04. The SMILES string of the molecule is CC(C)OC(=O)/C=C\n1cnc(-c2cc(NC3CCC3)cc(C(F)(F)F)c2)n1. The molecular weight excluding hydrogens is 373 g/mol. The van der Waals surface area contributed by atoms with E-state index in [1.54, 1.807) is 19.9 Å². The van der Waals surface area contributed by atoms with Crippen LogP contribution in [0.2, 0.25) is 0 Å². The third-order valence-electron chi connectivity index (χ3n) is 4.22. The summed E-state index contributed by atoms with van der Waals surface area (Å²) in [4.78, 5) is 15.6. The second-order valence-electron chi connectivity index (χ2n) is 6.92. The predicted molar refractivity (Wildman–Crippen MR) is 98.3 cm³/mol. The lowest BCUT2D eigenvalue weighted by Crippen LogP contribution is -2.27. The maximum atomic E-state index is 13.3. The molecule has 28 heavy (non-hydrogen) atoms. The molecule has 3 rings (SSSR count). The van der Waals surface area contributed by atoms with Gasteiger partial charge in [0, 0.05) is 29.6 Å². The third kappa shape index (κ3) is 5.11. The molecule has 0 amide bonds. The Balaban J connectivity index is 1.84. The Morgan fingerprint density at radius 3 is 2.68 bits per heavy atom. The maximum Gasteiger partial charge on any atom is 0.416 e. The van der Waals surface area contributed by atoms with E-state index in [4.69, 9.17) is 4.74 Å². The molecule has 1 aliphatic rings. The first-order valence-electron chi connectivity index (χ1n) is 9.00. The summed E-state index contributed by atoms with van der Waals surface area (Å²) in [6.07, 6.45) is 2.04. The van der Waals surface area contributed by atoms with Crippen LogP contribution in [0.3, 0.4) is 0 Å². The molecule has 6 nitrogen and oxygen atoms in total. The first-order valence-corrected chi connectivity index (χ1v) is 9.00. The topological polar surface area (TPSA) is 69.0 Å². The molecule has 0 aliphatic heterocycles. The number of nitrogens with one attached hydrogen (secondary N) is 1. The zero-order valence-electron chi connectivity index (χ0n) is 15.5. The van der Waals surface area contributed by atoms with E-state index in [2.05, 4.69) is 15.4 Å². The van der Waals surface area contributed by atoms with Gasteiger partial charge in [0.25, 0.3) is 0 Å². The van der Waals surface area contributed by atoms with Crippen molar-refractivity contribution < 1.29 is 22.7 Å². The standard InChI is InChI=1S/C19H21F3N4O2/c1-12(2)28-17(27)6-7-26-11-23-18(25-26)13-8-14(19(20,21)22)10-16(9-13)24-15-4-3-5-15/h6-12,15,24H,3-5H2,1-2H3/b7-6-. The van der Waals surface area contributed by atoms with E-state index in [9.17, 15) is 18.0 Å². The summed E-state index contributed by atoms with van der Waals surface area (Å²) in [5.41, 5.74) is -0.130. The van der Waals surface area contributed by atoms with E-state index >= 15 is 0 Å². The third-order valence-corrected chi connectivity index (χ3v) is 4.22. The van der Waals surface area contributed by atoms with Crippen LogP contribution >= 0.6 is 0 Å². The van der Waals surface area contributed by atoms with Crippen LogP contribution in [0.5, 0.6) is 0 Å². The number of aromatic nitrogens is 3. The van der Waals surface area contributed by atoms with Gasteiger partial charge in [-0.25, -0.2) is 14.5 Å². The number of esters is 1. The summed E-state index contributed by atoms with van der Waals surface area (Å²) in [5, 5.41) is 7.25. The van der Waals surface area contributed by atoms with Crippen molar-refractivity contribution in [3.05, 3.63) is 36.2 Å². The molecule has 1 fully saturated rings. The van der Waals surface area contributed by atoms with Gasteiger partial charge in [0.2, 0.25) is 0 Å². The fourth-order valence-corrected chi connectivity index (χ4v) is 2.68. The average molecular weight is 394 g/mol. The molecule has 1 aromatic carbocycles. The monoisotopic (exact) mass is 394 g/mol. The Kier molecular flexibility index (Phi) is 5.71. The van der Waals surface area contributed by atoms with Crippen LogP contribution in [0.15, 0.2) is 30.6 Å². The number of ether oxygens (including phenoxy) is 1. The number of benzene rings is 1. The molecule has 1 heterocycles. The highest BCUT2D eigenvalue weighted by Crippen LogP contribution is 2.35. The van der Waals surface area contributed by atoms with Gasteiger partial charge in [-0.05, 0) is 51.3 Å². The fraction of sp³-hybridized carbons (Fsp3) is 0.421. The van der Waals surface area contributed by atoms with E-state index < -0.39 is 17.7 Å². The van der Waals surface area contributed by atoms with E-state index in [-0.39, 0.29) is 23.5 Å². The van der Waals surface area contributed by atoms with Crippen LogP contribution in [0.25, 0.3) is 17.6 Å². The van der Waals surface area contributed by atoms with E-state index in [0.29, 0.717) is 5.69 Å². The summed E-state index contributed by atoms with van der Waals surface area (Å²) in [6.45, 7) is 3.45. The minimum Gasteiger partial charge on any atom is -0.460 e. The zero-order valence-corrected chi connectivity index (χ0v) is 15.5. The number of halogens is 3. The maximum absolute atomic E-state index is 13.3. The van der Waals surface area contributed by atoms with Gasteiger partial charge in [-0.3, -0.25) is 0 Å². The molecule has 9 heteroatoms. The molecule has 0 spiro atoms. The molecule has 1 aliphatic carbocycles. The van der Waals surface area contributed by atoms with Crippen molar-refractivity contribution in [3.63, 3.8) is 0 Å². The Morgan fingerprint density at radius 1 is 1.32 bits per heavy atom. The normalized spacial score (nSPS) is 15.1. The minimum atomic E-state index is -4.48. The van der Waals surface area contributed by atoms with Gasteiger partial charge in [0.05, 0.1) is 11.7 Å². The lowest BCUT2D eigenvalue weighted by atomic mass is 9.92. The Labute approximate surface area is 160 Å². The molecule has 0 saturated heterocycles. The van der Waals surface area contributed by atoms with Gasteiger partial charge in [-0.15, -0.1) is 5.10 Å². The molecule has 0 radical (unpaired) electrons. The number of alkyl halides is 3. The second-order valence-corrected chi connectivity index (χ2v) is 6.92. The largest absolute Gasteiger partial charge is 0.460 e. The highest BCUT2D eigenvalue weighted by Gasteiger charge is 2.32. The first-order chi connectivity index (χ1) is 13.2. The van der Waals surface area contributed by atoms with Crippen molar-refractivity contribution in [1.82, 2.24) is 14.8 Å². The molecule has 1 aromatic heterocycles. The lowest BCUT2D eigenvalue weighted by Gasteiger charge is -2.28. The zero-order chi connectivity index (χ0) is 20.3. The van der Waals surface area contributed by atoms with Crippen LogP contribution in [-0.2, 0) is 15.7 Å². The van der Waals surface area contributed by atoms with Crippen molar-refractivity contribution in [1.29, 1.82) is 0 Å². The molecule has 1 N–H and O–H groups in total. The number of carbonyl (C=O) groups is 1. The highest BCUT2D eigenvalue weighted by molar-refractivity contribution is 5.85. The van der Waals surface area contributed by atoms with Crippen LogP contribution < -0.4 is 5.32 Å². The number of anilines is 1. The number of carbonyl (C=O) groups excluding carboxylic acids is 1. The minimum absolute atomic E-state index is 0.129. The van der Waals surface area contributed by atoms with Gasteiger partial charge in [-0.1, -0.05) is 0 Å². The van der Waals surface area contributed by atoms with Crippen LogP contribution in [0.1, 0.15) is 38.7 Å². The number of hydrogen-bond acceptors (Lipinski definition) is 5. The van der Waals surface area contributed by atoms with Gasteiger partial charge in [0.15, 0.2) is 5.82 Å². The number of hydrogen-bond donors (Lipinski definition) is 1. The summed E-state index contributed by atoms with van der Waals surface area (Å²) in [5.74, 6) is -0.414. The molecule has 0 bridgehead atoms. The highest BCUT2D eigenvalue weighted by atomic mass is 19.4. The molecule has 0 atom stereocenters. The summed E-state index contributed by atoms with van der Waals surface area (Å²) in [6, 6.07) is 3.91. The Bertz CT molecular complexity index is 870. The first kappa shape index (κ1) is 19.9. The molecule has 1 saturated carbocycles. The smallest absolute Gasteiger partial charge is 0.416 e. The van der Waals surface area contributed by atoms with Crippen molar-refractivity contribution >= 4 is 17.9 Å². The summed E-state index contributed by atoms with van der Waals surface area (Å²) < 4.78 is 46.0. The predicted octanol–water partition coefficient (Wildman–Crippen LogP) is 4.35. The van der Waals surface area contributed by atoms with Gasteiger partial charge in [-0.2, -0.15) is 13.2 Å². The summed E-state index contributed by atoms with van der Waals surface area (Å²) in [7, 11) is 0. The van der Waals surface area contributed by atoms with Crippen LogP contribution in [0, 0.1) is 0 Å². The van der Waals surface area contributed by atoms with Crippen molar-refractivity contribution in [2.24, 2.45) is 0 Å². The number of rotatable bonds is 6. The van der Waals surface area contributed by atoms with Crippen LogP contribution in [0.4, 0.5) is 18.9 Å². The Hall–Kier alpha value is -2.84. The van der Waals surface area contributed by atoms with E-state index in [1.165, 1.54) is 23.3 Å². The second kappa shape index (κ2) is 8.04. The molecule has 150 valence electrons. The van der Waals surface area contributed by atoms with Gasteiger partial charge in [0.1, 0.15) is 6.33 Å². The van der Waals surface area contributed by atoms with E-state index in [0.717, 1.165) is 31.4 Å². The molecular formula is C19H21F3N4O2. The molecule has 0 unspecified atom stereocenters. The van der Waals surface area contributed by atoms with Crippen LogP contribution in [-0.4, -0.2) is 32.9 Å². The van der Waals surface area contributed by atoms with E-state index in [1.807, 2.05) is 0 Å².